The molecule has 162 valence electrons. The first-order valence-electron chi connectivity index (χ1n) is 11.1. The van der Waals surface area contributed by atoms with E-state index in [1.807, 2.05) is 121 Å². The number of benzene rings is 4. The first-order valence-corrected chi connectivity index (χ1v) is 11.1. The average molecular weight is 441 g/mol. The number of fused-ring (bicyclic) bond motifs is 1. The Bertz CT molecular complexity index is 1340. The molecule has 0 saturated carbocycles. The van der Waals surface area contributed by atoms with Crippen LogP contribution in [0.1, 0.15) is 11.1 Å². The van der Waals surface area contributed by atoms with Gasteiger partial charge in [0.2, 0.25) is 0 Å². The quantitative estimate of drug-likeness (QED) is 0.396. The van der Waals surface area contributed by atoms with Crippen molar-refractivity contribution < 1.29 is 9.59 Å². The summed E-state index contributed by atoms with van der Waals surface area (Å²) in [5.41, 5.74) is 5.28. The number of nitrogens with zero attached hydrogens (tertiary/aromatic N) is 2. The molecular weight excluding hydrogens is 420 g/mol. The van der Waals surface area contributed by atoms with Crippen LogP contribution in [0.15, 0.2) is 133 Å². The Morgan fingerprint density at radius 1 is 0.382 bits per heavy atom. The zero-order chi connectivity index (χ0) is 23.1. The number of rotatable bonds is 4. The molecular formula is C30H20N2O2. The highest BCUT2D eigenvalue weighted by Crippen LogP contribution is 2.49. The summed E-state index contributed by atoms with van der Waals surface area (Å²) < 4.78 is 0. The monoisotopic (exact) mass is 440 g/mol. The molecule has 0 saturated heterocycles. The van der Waals surface area contributed by atoms with Crippen LogP contribution in [-0.2, 0) is 9.59 Å². The van der Waals surface area contributed by atoms with Gasteiger partial charge in [0.15, 0.2) is 0 Å². The average Bonchev–Trinajstić information content (AvgIpc) is 3.34. The maximum Gasteiger partial charge on any atom is 0.265 e. The Hall–Kier alpha value is -4.70. The molecule has 0 aromatic heterocycles. The van der Waals surface area contributed by atoms with Gasteiger partial charge in [-0.25, -0.2) is 0 Å². The molecule has 34 heavy (non-hydrogen) atoms. The molecule has 2 amide bonds. The van der Waals surface area contributed by atoms with E-state index in [4.69, 9.17) is 0 Å². The molecule has 2 heterocycles. The van der Waals surface area contributed by atoms with Gasteiger partial charge in [-0.3, -0.25) is 19.4 Å². The van der Waals surface area contributed by atoms with Crippen molar-refractivity contribution in [2.24, 2.45) is 0 Å². The van der Waals surface area contributed by atoms with E-state index in [9.17, 15) is 9.59 Å². The van der Waals surface area contributed by atoms with Crippen LogP contribution in [0.2, 0.25) is 0 Å². The first-order chi connectivity index (χ1) is 16.8. The molecule has 0 atom stereocenters. The Morgan fingerprint density at radius 2 is 0.676 bits per heavy atom. The van der Waals surface area contributed by atoms with Gasteiger partial charge < -0.3 is 0 Å². The molecule has 4 heteroatoms. The van der Waals surface area contributed by atoms with Gasteiger partial charge in [0.1, 0.15) is 0 Å². The van der Waals surface area contributed by atoms with E-state index in [1.165, 1.54) is 0 Å². The number of para-hydroxylation sites is 2. The lowest BCUT2D eigenvalue weighted by molar-refractivity contribution is -0.112. The Labute approximate surface area is 197 Å². The Morgan fingerprint density at radius 3 is 1.00 bits per heavy atom. The number of hydrogen-bond acceptors (Lipinski definition) is 2. The van der Waals surface area contributed by atoms with Crippen LogP contribution in [-0.4, -0.2) is 11.8 Å². The van der Waals surface area contributed by atoms with Gasteiger partial charge in [0.05, 0.1) is 22.5 Å². The summed E-state index contributed by atoms with van der Waals surface area (Å²) in [5.74, 6) is -0.298. The number of carbonyl (C=O) groups excluding carboxylic acids is 2. The fraction of sp³-hybridized carbons (Fsp3) is 0. The van der Waals surface area contributed by atoms with Gasteiger partial charge >= 0.3 is 0 Å². The lowest BCUT2D eigenvalue weighted by Crippen LogP contribution is -2.27. The van der Waals surface area contributed by atoms with Crippen LogP contribution in [0.5, 0.6) is 0 Å². The predicted octanol–water partition coefficient (Wildman–Crippen LogP) is 5.90. The minimum atomic E-state index is -0.149. The molecule has 0 N–H and O–H groups in total. The van der Waals surface area contributed by atoms with Gasteiger partial charge in [-0.1, -0.05) is 97.1 Å². The topological polar surface area (TPSA) is 40.6 Å². The lowest BCUT2D eigenvalue weighted by atomic mass is 10.0. The highest BCUT2D eigenvalue weighted by atomic mass is 16.2. The van der Waals surface area contributed by atoms with Gasteiger partial charge in [0.25, 0.3) is 11.8 Å². The van der Waals surface area contributed by atoms with Crippen LogP contribution < -0.4 is 9.80 Å². The summed E-state index contributed by atoms with van der Waals surface area (Å²) in [6.07, 6.45) is 0. The second-order valence-corrected chi connectivity index (χ2v) is 8.13. The molecule has 4 aromatic carbocycles. The van der Waals surface area contributed by atoms with Crippen LogP contribution in [0.4, 0.5) is 11.4 Å². The van der Waals surface area contributed by atoms with Gasteiger partial charge in [0, 0.05) is 11.4 Å². The maximum absolute atomic E-state index is 14.1. The normalized spacial score (nSPS) is 15.4. The first kappa shape index (κ1) is 19.9. The van der Waals surface area contributed by atoms with E-state index >= 15 is 0 Å². The predicted molar refractivity (Wildman–Crippen MR) is 135 cm³/mol. The molecule has 2 aliphatic rings. The third-order valence-corrected chi connectivity index (χ3v) is 6.13. The molecule has 4 nitrogen and oxygen atoms in total. The van der Waals surface area contributed by atoms with Crippen molar-refractivity contribution in [3.63, 3.8) is 0 Å². The van der Waals surface area contributed by atoms with E-state index in [2.05, 4.69) is 0 Å². The summed E-state index contributed by atoms with van der Waals surface area (Å²) in [5, 5.41) is 0. The van der Waals surface area contributed by atoms with Crippen molar-refractivity contribution in [1.82, 2.24) is 0 Å². The third-order valence-electron chi connectivity index (χ3n) is 6.13. The van der Waals surface area contributed by atoms with Gasteiger partial charge in [-0.05, 0) is 35.4 Å². The van der Waals surface area contributed by atoms with Crippen LogP contribution >= 0.6 is 0 Å². The van der Waals surface area contributed by atoms with Crippen molar-refractivity contribution >= 4 is 34.3 Å². The third kappa shape index (κ3) is 3.00. The lowest BCUT2D eigenvalue weighted by Gasteiger charge is -2.20. The maximum atomic E-state index is 14.1. The van der Waals surface area contributed by atoms with Crippen molar-refractivity contribution in [2.75, 3.05) is 9.80 Å². The SMILES string of the molecule is O=C1C(c2ccccc2)=C2C(=C(c3ccccc3)C(=O)N2c2ccccc2)N1c1ccccc1. The smallest absolute Gasteiger partial charge is 0.265 e. The molecule has 0 fully saturated rings. The minimum Gasteiger partial charge on any atom is -0.274 e. The van der Waals surface area contributed by atoms with E-state index < -0.39 is 0 Å². The molecule has 4 aromatic rings. The number of anilines is 2. The zero-order valence-electron chi connectivity index (χ0n) is 18.3. The van der Waals surface area contributed by atoms with E-state index in [-0.39, 0.29) is 11.8 Å². The van der Waals surface area contributed by atoms with Crippen molar-refractivity contribution in [1.29, 1.82) is 0 Å². The molecule has 0 radical (unpaired) electrons. The largest absolute Gasteiger partial charge is 0.274 e. The number of hydrogen-bond donors (Lipinski definition) is 0. The minimum absolute atomic E-state index is 0.149. The standard InChI is InChI=1S/C30H20N2O2/c33-29-25(21-13-5-1-6-14-21)27-28(32(29)24-19-11-4-12-20-24)26(22-15-7-2-8-16-22)30(34)31(27)23-17-9-3-10-18-23/h1-20H. The summed E-state index contributed by atoms with van der Waals surface area (Å²) in [4.78, 5) is 31.5. The molecule has 6 rings (SSSR count). The molecule has 0 spiro atoms. The van der Waals surface area contributed by atoms with E-state index in [1.54, 1.807) is 9.80 Å². The Balaban J connectivity index is 1.70. The second-order valence-electron chi connectivity index (χ2n) is 8.13. The van der Waals surface area contributed by atoms with Crippen LogP contribution in [0, 0.1) is 0 Å². The van der Waals surface area contributed by atoms with Gasteiger partial charge in [-0.2, -0.15) is 0 Å². The van der Waals surface area contributed by atoms with Crippen molar-refractivity contribution in [3.05, 3.63) is 144 Å². The second kappa shape index (κ2) is 8.01. The summed E-state index contributed by atoms with van der Waals surface area (Å²) in [7, 11) is 0. The Kier molecular flexibility index (Phi) is 4.70. The highest BCUT2D eigenvalue weighted by Gasteiger charge is 2.49. The molecule has 0 bridgehead atoms. The number of amides is 2. The zero-order valence-corrected chi connectivity index (χ0v) is 18.3. The van der Waals surface area contributed by atoms with Crippen LogP contribution in [0.3, 0.4) is 0 Å². The molecule has 2 aliphatic heterocycles. The van der Waals surface area contributed by atoms with Crippen molar-refractivity contribution in [3.8, 4) is 0 Å². The van der Waals surface area contributed by atoms with Crippen LogP contribution in [0.25, 0.3) is 11.1 Å². The number of carbonyl (C=O) groups is 2. The molecule has 0 aliphatic carbocycles. The molecule has 0 unspecified atom stereocenters. The van der Waals surface area contributed by atoms with Crippen molar-refractivity contribution in [2.45, 2.75) is 0 Å². The summed E-state index contributed by atoms with van der Waals surface area (Å²) in [6.45, 7) is 0. The van der Waals surface area contributed by atoms with Gasteiger partial charge in [-0.15, -0.1) is 0 Å². The summed E-state index contributed by atoms with van der Waals surface area (Å²) >= 11 is 0. The highest BCUT2D eigenvalue weighted by molar-refractivity contribution is 6.43. The summed E-state index contributed by atoms with van der Waals surface area (Å²) in [6, 6.07) is 38.2. The van der Waals surface area contributed by atoms with E-state index in [0.717, 1.165) is 22.5 Å². The fourth-order valence-electron chi connectivity index (χ4n) is 4.68. The fourth-order valence-corrected chi connectivity index (χ4v) is 4.68. The van der Waals surface area contributed by atoms with E-state index in [0.29, 0.717) is 22.5 Å².